The molecule has 4 N–H and O–H groups in total. The second-order valence-corrected chi connectivity index (χ2v) is 5.02. The largest absolute Gasteiger partial charge is 0.476 e. The van der Waals surface area contributed by atoms with Gasteiger partial charge in [0.1, 0.15) is 12.0 Å². The lowest BCUT2D eigenvalue weighted by atomic mass is 10.2. The van der Waals surface area contributed by atoms with Gasteiger partial charge in [-0.15, -0.1) is 0 Å². The van der Waals surface area contributed by atoms with Crippen molar-refractivity contribution in [3.05, 3.63) is 28.7 Å². The number of ether oxygens (including phenoxy) is 1. The molecule has 2 heterocycles. The number of anilines is 2. The molecule has 0 aliphatic carbocycles. The Bertz CT molecular complexity index is 533. The lowest BCUT2D eigenvalue weighted by Crippen LogP contribution is -2.14. The van der Waals surface area contributed by atoms with Crippen LogP contribution in [0.15, 0.2) is 23.2 Å². The first-order valence-corrected chi connectivity index (χ1v) is 7.34. The number of hydrogen-bond acceptors (Lipinski definition) is 7. The van der Waals surface area contributed by atoms with Crippen LogP contribution in [0.2, 0.25) is 0 Å². The zero-order chi connectivity index (χ0) is 14.4. The highest BCUT2D eigenvalue weighted by Crippen LogP contribution is 2.25. The number of nitrogens with one attached hydrogen (secondary N) is 1. The lowest BCUT2D eigenvalue weighted by Gasteiger charge is -2.14. The summed E-state index contributed by atoms with van der Waals surface area (Å²) in [4.78, 5) is 8.06. The van der Waals surface area contributed by atoms with Gasteiger partial charge in [0.15, 0.2) is 5.82 Å². The van der Waals surface area contributed by atoms with Gasteiger partial charge in [0.25, 0.3) is 0 Å². The van der Waals surface area contributed by atoms with Crippen LogP contribution < -0.4 is 15.8 Å². The molecule has 7 heteroatoms. The quantitative estimate of drug-likeness (QED) is 0.723. The number of hydrogen-bond donors (Lipinski definition) is 3. The Morgan fingerprint density at radius 1 is 1.50 bits per heavy atom. The molecule has 0 spiro atoms. The Hall–Kier alpha value is -1.86. The monoisotopic (exact) mass is 294 g/mol. The van der Waals surface area contributed by atoms with Gasteiger partial charge in [0.05, 0.1) is 12.7 Å². The highest BCUT2D eigenvalue weighted by Gasteiger charge is 2.12. The van der Waals surface area contributed by atoms with Gasteiger partial charge in [-0.3, -0.25) is 0 Å². The van der Waals surface area contributed by atoms with Crippen molar-refractivity contribution in [2.75, 3.05) is 24.2 Å². The van der Waals surface area contributed by atoms with Crippen LogP contribution in [-0.4, -0.2) is 28.2 Å². The molecule has 0 aliphatic rings. The van der Waals surface area contributed by atoms with Gasteiger partial charge in [-0.1, -0.05) is 6.92 Å². The number of nitrogens with two attached hydrogens (primary N) is 1. The first kappa shape index (κ1) is 14.5. The Kier molecular flexibility index (Phi) is 5.14. The molecule has 0 fully saturated rings. The van der Waals surface area contributed by atoms with Gasteiger partial charge in [0, 0.05) is 6.54 Å². The number of aliphatic hydroxyl groups is 1. The number of rotatable bonds is 7. The summed E-state index contributed by atoms with van der Waals surface area (Å²) in [5.74, 6) is 0.842. The summed E-state index contributed by atoms with van der Waals surface area (Å²) in [5.41, 5.74) is 7.17. The predicted molar refractivity (Wildman–Crippen MR) is 80.0 cm³/mol. The maximum absolute atomic E-state index is 10.0. The van der Waals surface area contributed by atoms with E-state index in [2.05, 4.69) is 15.3 Å². The maximum atomic E-state index is 10.0. The van der Waals surface area contributed by atoms with Crippen molar-refractivity contribution in [1.82, 2.24) is 9.97 Å². The SMILES string of the molecule is CCCOc1ncnc(NCC(O)c2ccsc2)c1N. The first-order valence-electron chi connectivity index (χ1n) is 6.39. The third-order valence-corrected chi connectivity index (χ3v) is 3.38. The second kappa shape index (κ2) is 7.06. The van der Waals surface area contributed by atoms with Crippen molar-refractivity contribution in [1.29, 1.82) is 0 Å². The van der Waals surface area contributed by atoms with Crippen LogP contribution in [0.3, 0.4) is 0 Å². The standard InChI is InChI=1S/C13H18N4O2S/c1-2-4-19-13-11(14)12(16-8-17-13)15-6-10(18)9-3-5-20-7-9/h3,5,7-8,10,18H,2,4,6,14H2,1H3,(H,15,16,17). The Morgan fingerprint density at radius 3 is 3.05 bits per heavy atom. The van der Waals surface area contributed by atoms with Crippen LogP contribution in [-0.2, 0) is 0 Å². The molecule has 108 valence electrons. The molecule has 0 bridgehead atoms. The average molecular weight is 294 g/mol. The molecule has 1 unspecified atom stereocenters. The van der Waals surface area contributed by atoms with Crippen molar-refractivity contribution >= 4 is 22.8 Å². The van der Waals surface area contributed by atoms with Crippen LogP contribution in [0, 0.1) is 0 Å². The van der Waals surface area contributed by atoms with Gasteiger partial charge in [-0.25, -0.2) is 4.98 Å². The highest BCUT2D eigenvalue weighted by molar-refractivity contribution is 7.07. The Morgan fingerprint density at radius 2 is 2.35 bits per heavy atom. The minimum absolute atomic E-state index is 0.325. The highest BCUT2D eigenvalue weighted by atomic mass is 32.1. The predicted octanol–water partition coefficient (Wildman–Crippen LogP) is 2.05. The summed E-state index contributed by atoms with van der Waals surface area (Å²) < 4.78 is 5.43. The normalized spacial score (nSPS) is 12.1. The molecule has 0 aliphatic heterocycles. The van der Waals surface area contributed by atoms with Crippen molar-refractivity contribution in [2.45, 2.75) is 19.4 Å². The minimum Gasteiger partial charge on any atom is -0.476 e. The molecule has 6 nitrogen and oxygen atoms in total. The van der Waals surface area contributed by atoms with Crippen molar-refractivity contribution in [3.8, 4) is 5.88 Å². The molecule has 0 aromatic carbocycles. The number of nitrogens with zero attached hydrogens (tertiary/aromatic N) is 2. The fraction of sp³-hybridized carbons (Fsp3) is 0.385. The summed E-state index contributed by atoms with van der Waals surface area (Å²) in [7, 11) is 0. The number of nitrogen functional groups attached to an aromatic ring is 1. The molecule has 0 radical (unpaired) electrons. The molecule has 0 saturated heterocycles. The van der Waals surface area contributed by atoms with E-state index in [1.165, 1.54) is 6.33 Å². The van der Waals surface area contributed by atoms with E-state index in [4.69, 9.17) is 10.5 Å². The first-order chi connectivity index (χ1) is 9.72. The topological polar surface area (TPSA) is 93.3 Å². The van der Waals surface area contributed by atoms with E-state index >= 15 is 0 Å². The Balaban J connectivity index is 1.99. The van der Waals surface area contributed by atoms with E-state index in [0.717, 1.165) is 12.0 Å². The summed E-state index contributed by atoms with van der Waals surface area (Å²) in [6, 6.07) is 1.89. The third kappa shape index (κ3) is 3.58. The van der Waals surface area contributed by atoms with Crippen molar-refractivity contribution in [3.63, 3.8) is 0 Å². The van der Waals surface area contributed by atoms with Gasteiger partial charge >= 0.3 is 0 Å². The van der Waals surface area contributed by atoms with Crippen molar-refractivity contribution < 1.29 is 9.84 Å². The van der Waals surface area contributed by atoms with Gasteiger partial charge in [-0.2, -0.15) is 16.3 Å². The number of thiophene rings is 1. The fourth-order valence-electron chi connectivity index (χ4n) is 1.61. The summed E-state index contributed by atoms with van der Waals surface area (Å²) in [6.07, 6.45) is 1.67. The van der Waals surface area contributed by atoms with Crippen LogP contribution in [0.5, 0.6) is 5.88 Å². The van der Waals surface area contributed by atoms with Crippen LogP contribution in [0.4, 0.5) is 11.5 Å². The molecule has 2 aromatic rings. The number of aliphatic hydroxyl groups excluding tert-OH is 1. The molecule has 2 rings (SSSR count). The zero-order valence-corrected chi connectivity index (χ0v) is 12.1. The van der Waals surface area contributed by atoms with Gasteiger partial charge in [0.2, 0.25) is 5.88 Å². The maximum Gasteiger partial charge on any atom is 0.242 e. The molecule has 0 amide bonds. The van der Waals surface area contributed by atoms with Gasteiger partial charge < -0.3 is 20.9 Å². The van der Waals surface area contributed by atoms with Gasteiger partial charge in [-0.05, 0) is 28.8 Å². The minimum atomic E-state index is -0.601. The van der Waals surface area contributed by atoms with E-state index in [1.807, 2.05) is 23.8 Å². The average Bonchev–Trinajstić information content (AvgIpc) is 2.99. The summed E-state index contributed by atoms with van der Waals surface area (Å²) in [5, 5.41) is 16.9. The van der Waals surface area contributed by atoms with Crippen LogP contribution >= 0.6 is 11.3 Å². The molecule has 20 heavy (non-hydrogen) atoms. The molecular formula is C13H18N4O2S. The van der Waals surface area contributed by atoms with E-state index in [9.17, 15) is 5.11 Å². The third-order valence-electron chi connectivity index (χ3n) is 2.68. The van der Waals surface area contributed by atoms with Crippen LogP contribution in [0.1, 0.15) is 25.0 Å². The molecular weight excluding hydrogens is 276 g/mol. The second-order valence-electron chi connectivity index (χ2n) is 4.24. The lowest BCUT2D eigenvalue weighted by molar-refractivity contribution is 0.192. The van der Waals surface area contributed by atoms with Crippen molar-refractivity contribution in [2.24, 2.45) is 0 Å². The molecule has 1 atom stereocenters. The number of aromatic nitrogens is 2. The fourth-order valence-corrected chi connectivity index (χ4v) is 2.32. The van der Waals surface area contributed by atoms with Crippen LogP contribution in [0.25, 0.3) is 0 Å². The molecule has 0 saturated carbocycles. The van der Waals surface area contributed by atoms with E-state index in [-0.39, 0.29) is 0 Å². The Labute approximate surface area is 121 Å². The zero-order valence-electron chi connectivity index (χ0n) is 11.2. The van der Waals surface area contributed by atoms with E-state index in [1.54, 1.807) is 11.3 Å². The molecule has 2 aromatic heterocycles. The summed E-state index contributed by atoms with van der Waals surface area (Å²) >= 11 is 1.55. The van der Waals surface area contributed by atoms with E-state index < -0.39 is 6.10 Å². The van der Waals surface area contributed by atoms with E-state index in [0.29, 0.717) is 30.5 Å². The summed E-state index contributed by atoms with van der Waals surface area (Å²) in [6.45, 7) is 2.89. The smallest absolute Gasteiger partial charge is 0.242 e.